The summed E-state index contributed by atoms with van der Waals surface area (Å²) < 4.78 is 11.6. The first-order chi connectivity index (χ1) is 17.8. The Bertz CT molecular complexity index is 1040. The number of esters is 1. The van der Waals surface area contributed by atoms with Crippen LogP contribution in [0.3, 0.4) is 0 Å². The third kappa shape index (κ3) is 6.82. The summed E-state index contributed by atoms with van der Waals surface area (Å²) in [5.41, 5.74) is 1.32. The molecule has 0 saturated heterocycles. The first-order valence-corrected chi connectivity index (χ1v) is 13.6. The molecule has 2 aliphatic carbocycles. The van der Waals surface area contributed by atoms with Gasteiger partial charge in [-0.25, -0.2) is 0 Å². The minimum absolute atomic E-state index is 0.0113. The minimum Gasteiger partial charge on any atom is -0.492 e. The maximum Gasteiger partial charge on any atom is 0.303 e. The van der Waals surface area contributed by atoms with E-state index < -0.39 is 11.7 Å². The van der Waals surface area contributed by atoms with E-state index >= 15 is 0 Å². The number of fused-ring (bicyclic) bond motifs is 1. The van der Waals surface area contributed by atoms with E-state index in [2.05, 4.69) is 55.2 Å². The number of carbonyl (C=O) groups excluding carboxylic acids is 1. The lowest BCUT2D eigenvalue weighted by Gasteiger charge is -2.53. The molecule has 0 amide bonds. The zero-order valence-corrected chi connectivity index (χ0v) is 22.7. The number of benzene rings is 2. The Kier molecular flexibility index (Phi) is 9.09. The number of rotatable bonds is 10. The average Bonchev–Trinajstić information content (AvgIpc) is 2.87. The minimum atomic E-state index is -0.975. The van der Waals surface area contributed by atoms with Gasteiger partial charge in [-0.05, 0) is 60.8 Å². The van der Waals surface area contributed by atoms with Gasteiger partial charge in [0.05, 0.1) is 5.60 Å². The largest absolute Gasteiger partial charge is 0.492 e. The van der Waals surface area contributed by atoms with E-state index in [1.54, 1.807) is 0 Å². The molecule has 37 heavy (non-hydrogen) atoms. The molecule has 1 fully saturated rings. The lowest BCUT2D eigenvalue weighted by molar-refractivity contribution is -0.148. The Morgan fingerprint density at radius 2 is 1.78 bits per heavy atom. The van der Waals surface area contributed by atoms with Crippen LogP contribution in [0, 0.1) is 30.1 Å². The molecule has 2 aromatic rings. The van der Waals surface area contributed by atoms with E-state index in [0.29, 0.717) is 18.4 Å². The second kappa shape index (κ2) is 12.3. The van der Waals surface area contributed by atoms with Crippen LogP contribution < -0.4 is 4.74 Å². The molecule has 0 aromatic heterocycles. The Hall–Kier alpha value is -2.63. The predicted octanol–water partition coefficient (Wildman–Crippen LogP) is 5.69. The van der Waals surface area contributed by atoms with Gasteiger partial charge in [-0.15, -0.1) is 0 Å². The van der Waals surface area contributed by atoms with Gasteiger partial charge in [-0.2, -0.15) is 0 Å². The van der Waals surface area contributed by atoms with Crippen molar-refractivity contribution in [1.82, 2.24) is 4.90 Å². The summed E-state index contributed by atoms with van der Waals surface area (Å²) >= 11 is 0. The highest BCUT2D eigenvalue weighted by molar-refractivity contribution is 5.66. The highest BCUT2D eigenvalue weighted by Gasteiger charge is 2.53. The van der Waals surface area contributed by atoms with Crippen LogP contribution in [0.4, 0.5) is 0 Å². The third-order valence-electron chi connectivity index (χ3n) is 8.27. The van der Waals surface area contributed by atoms with Crippen LogP contribution in [-0.4, -0.2) is 47.4 Å². The third-order valence-corrected chi connectivity index (χ3v) is 8.27. The average molecular weight is 505 g/mol. The lowest BCUT2D eigenvalue weighted by Crippen LogP contribution is -2.56. The summed E-state index contributed by atoms with van der Waals surface area (Å²) in [5.74, 6) is 1.40. The molecule has 4 rings (SSSR count). The normalized spacial score (nSPS) is 28.2. The molecule has 1 saturated carbocycles. The fourth-order valence-corrected chi connectivity index (χ4v) is 6.18. The highest BCUT2D eigenvalue weighted by Crippen LogP contribution is 2.50. The van der Waals surface area contributed by atoms with Crippen LogP contribution in [0.1, 0.15) is 46.1 Å². The first kappa shape index (κ1) is 27.4. The number of carbonyl (C=O) groups is 1. The van der Waals surface area contributed by atoms with Crippen LogP contribution >= 0.6 is 0 Å². The van der Waals surface area contributed by atoms with Gasteiger partial charge in [0.1, 0.15) is 18.5 Å². The van der Waals surface area contributed by atoms with Crippen LogP contribution in [0.2, 0.25) is 0 Å². The van der Waals surface area contributed by atoms with Gasteiger partial charge in [0, 0.05) is 38.9 Å². The molecule has 5 heteroatoms. The van der Waals surface area contributed by atoms with Crippen molar-refractivity contribution in [2.24, 2.45) is 23.7 Å². The number of ether oxygens (including phenoxy) is 2. The second-order valence-corrected chi connectivity index (χ2v) is 11.0. The monoisotopic (exact) mass is 504 g/mol. The molecule has 1 radical (unpaired) electrons. The number of hydrogen-bond acceptors (Lipinski definition) is 5. The topological polar surface area (TPSA) is 59.0 Å². The summed E-state index contributed by atoms with van der Waals surface area (Å²) in [4.78, 5) is 14.1. The molecule has 199 valence electrons. The van der Waals surface area contributed by atoms with Crippen molar-refractivity contribution < 1.29 is 19.4 Å². The first-order valence-electron chi connectivity index (χ1n) is 13.6. The Morgan fingerprint density at radius 3 is 2.46 bits per heavy atom. The summed E-state index contributed by atoms with van der Waals surface area (Å²) in [6.45, 7) is 11.1. The van der Waals surface area contributed by atoms with Crippen molar-refractivity contribution >= 4 is 5.97 Å². The zero-order chi connectivity index (χ0) is 26.4. The summed E-state index contributed by atoms with van der Waals surface area (Å²) in [6, 6.07) is 20.5. The van der Waals surface area contributed by atoms with Crippen LogP contribution in [-0.2, 0) is 16.1 Å². The van der Waals surface area contributed by atoms with Gasteiger partial charge in [-0.1, -0.05) is 68.5 Å². The maximum atomic E-state index is 11.9. The number of aliphatic hydroxyl groups is 1. The Labute approximate surface area is 222 Å². The molecule has 0 bridgehead atoms. The number of nitrogens with zero attached hydrogens (tertiary/aromatic N) is 1. The summed E-state index contributed by atoms with van der Waals surface area (Å²) in [7, 11) is 0. The highest BCUT2D eigenvalue weighted by atomic mass is 16.5. The van der Waals surface area contributed by atoms with Crippen LogP contribution in [0.5, 0.6) is 5.75 Å². The van der Waals surface area contributed by atoms with Gasteiger partial charge in [0.2, 0.25) is 0 Å². The lowest BCUT2D eigenvalue weighted by atomic mass is 9.57. The molecule has 0 heterocycles. The summed E-state index contributed by atoms with van der Waals surface area (Å²) in [6.07, 6.45) is 5.65. The molecule has 1 unspecified atom stereocenters. The Balaban J connectivity index is 1.48. The predicted molar refractivity (Wildman–Crippen MR) is 147 cm³/mol. The fraction of sp³-hybridized carbons (Fsp3) is 0.500. The smallest absolute Gasteiger partial charge is 0.303 e. The van der Waals surface area contributed by atoms with Gasteiger partial charge in [-0.3, -0.25) is 9.69 Å². The van der Waals surface area contributed by atoms with E-state index in [1.165, 1.54) is 12.5 Å². The van der Waals surface area contributed by atoms with E-state index in [0.717, 1.165) is 43.8 Å². The maximum absolute atomic E-state index is 11.9. The van der Waals surface area contributed by atoms with Gasteiger partial charge >= 0.3 is 5.97 Å². The van der Waals surface area contributed by atoms with Gasteiger partial charge < -0.3 is 14.6 Å². The molecule has 0 aliphatic heterocycles. The van der Waals surface area contributed by atoms with Crippen molar-refractivity contribution in [2.75, 3.05) is 19.7 Å². The van der Waals surface area contributed by atoms with Gasteiger partial charge in [0.25, 0.3) is 0 Å². The van der Waals surface area contributed by atoms with Crippen molar-refractivity contribution in [3.05, 3.63) is 84.3 Å². The van der Waals surface area contributed by atoms with E-state index in [4.69, 9.17) is 9.47 Å². The zero-order valence-electron chi connectivity index (χ0n) is 22.7. The quantitative estimate of drug-likeness (QED) is 0.333. The van der Waals surface area contributed by atoms with Crippen LogP contribution in [0.25, 0.3) is 0 Å². The molecular formula is C32H42NO4. The fourth-order valence-electron chi connectivity index (χ4n) is 6.18. The molecular weight excluding hydrogens is 462 g/mol. The Morgan fingerprint density at radius 1 is 1.11 bits per heavy atom. The van der Waals surface area contributed by atoms with E-state index in [1.807, 2.05) is 43.7 Å². The van der Waals surface area contributed by atoms with Crippen molar-refractivity contribution in [1.29, 1.82) is 0 Å². The molecule has 1 N–H and O–H groups in total. The van der Waals surface area contributed by atoms with Crippen molar-refractivity contribution in [3.63, 3.8) is 0 Å². The van der Waals surface area contributed by atoms with E-state index in [-0.39, 0.29) is 17.8 Å². The standard InChI is InChI=1S/C32H42NO4/c1-23-19-30-29(16-15-25(3)32(30,35)20-31(23)37-26(4)34)24(2)21-33(22-27-11-7-5-8-12-27)17-18-36-28-13-9-6-10-14-28/h5-14,19-20,24-25,29-31,35H,15-18,21-22H2,1-4H3/t24?,25-,29+,30-,31-,32-/m1/s1. The van der Waals surface area contributed by atoms with Gasteiger partial charge in [0.15, 0.2) is 0 Å². The number of hydrogen-bond donors (Lipinski definition) is 1. The van der Waals surface area contributed by atoms with Crippen molar-refractivity contribution in [3.8, 4) is 5.75 Å². The second-order valence-electron chi connectivity index (χ2n) is 11.0. The summed E-state index contributed by atoms with van der Waals surface area (Å²) in [5, 5.41) is 11.9. The molecule has 2 aromatic carbocycles. The van der Waals surface area contributed by atoms with E-state index in [9.17, 15) is 9.90 Å². The molecule has 0 spiro atoms. The number of para-hydroxylation sites is 1. The molecule has 6 atom stereocenters. The van der Waals surface area contributed by atoms with Crippen LogP contribution in [0.15, 0.2) is 72.3 Å². The molecule has 5 nitrogen and oxygen atoms in total. The molecule has 2 aliphatic rings. The SMILES string of the molecule is CC(=O)O[C@@H]1[CH][C@@]2(O)[C@H](C)CC[C@@H](C(C)CN(CCOc3ccccc3)Cc3ccccc3)[C@H]2C=C1C. The van der Waals surface area contributed by atoms with Crippen molar-refractivity contribution in [2.45, 2.75) is 58.8 Å².